The summed E-state index contributed by atoms with van der Waals surface area (Å²) in [6.07, 6.45) is 0. The van der Waals surface area contributed by atoms with Gasteiger partial charge in [0.2, 0.25) is 0 Å². The van der Waals surface area contributed by atoms with Gasteiger partial charge in [-0.3, -0.25) is 0 Å². The molecule has 0 aliphatic carbocycles. The van der Waals surface area contributed by atoms with Gasteiger partial charge in [-0.1, -0.05) is 84.9 Å². The van der Waals surface area contributed by atoms with E-state index in [9.17, 15) is 0 Å². The van der Waals surface area contributed by atoms with Crippen LogP contribution < -0.4 is 0 Å². The lowest BCUT2D eigenvalue weighted by Crippen LogP contribution is -1.82. The van der Waals surface area contributed by atoms with Crippen molar-refractivity contribution in [2.75, 3.05) is 0 Å². The van der Waals surface area contributed by atoms with Crippen molar-refractivity contribution in [1.29, 1.82) is 0 Å². The molecule has 0 aliphatic heterocycles. The lowest BCUT2D eigenvalue weighted by molar-refractivity contribution is 0.824. The van der Waals surface area contributed by atoms with E-state index < -0.39 is 0 Å². The zero-order valence-corrected chi connectivity index (χ0v) is 12.6. The standard InChI is InChI=1S/C22H14.H2O/c1-3-7-17-15(5-1)9-11-21-19(17)13-14-20-18-8-4-2-6-16(18)10-12-22(20)21;/h1-14H;1H2. The van der Waals surface area contributed by atoms with E-state index >= 15 is 0 Å². The zero-order chi connectivity index (χ0) is 14.5. The molecule has 0 saturated heterocycles. The summed E-state index contributed by atoms with van der Waals surface area (Å²) in [5.41, 5.74) is 0. The Morgan fingerprint density at radius 1 is 0.304 bits per heavy atom. The van der Waals surface area contributed by atoms with Gasteiger partial charge in [-0.2, -0.15) is 0 Å². The third-order valence-electron chi connectivity index (χ3n) is 4.65. The summed E-state index contributed by atoms with van der Waals surface area (Å²) >= 11 is 0. The molecule has 110 valence electrons. The molecule has 0 radical (unpaired) electrons. The van der Waals surface area contributed by atoms with Crippen molar-refractivity contribution in [1.82, 2.24) is 0 Å². The first-order valence-electron chi connectivity index (χ1n) is 7.64. The molecule has 0 aliphatic rings. The highest BCUT2D eigenvalue weighted by Crippen LogP contribution is 2.34. The van der Waals surface area contributed by atoms with Crippen LogP contribution in [-0.2, 0) is 0 Å². The van der Waals surface area contributed by atoms with Crippen molar-refractivity contribution >= 4 is 43.1 Å². The monoisotopic (exact) mass is 296 g/mol. The van der Waals surface area contributed by atoms with Crippen molar-refractivity contribution in [2.24, 2.45) is 0 Å². The van der Waals surface area contributed by atoms with Gasteiger partial charge in [0, 0.05) is 0 Å². The van der Waals surface area contributed by atoms with E-state index in [0.717, 1.165) is 0 Å². The number of hydrogen-bond acceptors (Lipinski definition) is 0. The molecule has 0 amide bonds. The maximum Gasteiger partial charge on any atom is -0.00987 e. The lowest BCUT2D eigenvalue weighted by atomic mass is 9.94. The molecule has 5 aromatic rings. The van der Waals surface area contributed by atoms with Crippen LogP contribution in [0.2, 0.25) is 0 Å². The highest BCUT2D eigenvalue weighted by Gasteiger charge is 2.06. The molecule has 0 saturated carbocycles. The van der Waals surface area contributed by atoms with Crippen LogP contribution in [0, 0.1) is 0 Å². The van der Waals surface area contributed by atoms with E-state index in [1.165, 1.54) is 43.1 Å². The third kappa shape index (κ3) is 1.91. The Hall–Kier alpha value is -2.90. The molecule has 1 heteroatoms. The molecule has 5 aromatic carbocycles. The second kappa shape index (κ2) is 5.08. The van der Waals surface area contributed by atoms with Crippen molar-refractivity contribution in [2.45, 2.75) is 0 Å². The number of benzene rings is 5. The quantitative estimate of drug-likeness (QED) is 0.339. The predicted molar refractivity (Wildman–Crippen MR) is 100 cm³/mol. The van der Waals surface area contributed by atoms with Gasteiger partial charge in [0.05, 0.1) is 0 Å². The smallest absolute Gasteiger partial charge is 0.00987 e. The summed E-state index contributed by atoms with van der Waals surface area (Å²) in [6.45, 7) is 0. The van der Waals surface area contributed by atoms with Crippen LogP contribution in [-0.4, -0.2) is 5.48 Å². The van der Waals surface area contributed by atoms with Crippen molar-refractivity contribution in [3.05, 3.63) is 84.9 Å². The molecule has 0 bridgehead atoms. The van der Waals surface area contributed by atoms with Crippen LogP contribution >= 0.6 is 0 Å². The first-order valence-corrected chi connectivity index (χ1v) is 7.64. The summed E-state index contributed by atoms with van der Waals surface area (Å²) in [4.78, 5) is 0. The van der Waals surface area contributed by atoms with Crippen LogP contribution in [0.1, 0.15) is 0 Å². The molecule has 0 aromatic heterocycles. The van der Waals surface area contributed by atoms with Gasteiger partial charge in [0.15, 0.2) is 0 Å². The Labute approximate surface area is 134 Å². The summed E-state index contributed by atoms with van der Waals surface area (Å²) in [7, 11) is 0. The molecular formula is C22H16O. The molecule has 0 unspecified atom stereocenters. The number of hydrogen-bond donors (Lipinski definition) is 0. The van der Waals surface area contributed by atoms with E-state index in [1.807, 2.05) is 0 Å². The summed E-state index contributed by atoms with van der Waals surface area (Å²) in [6, 6.07) is 30.7. The average molecular weight is 296 g/mol. The van der Waals surface area contributed by atoms with E-state index in [1.54, 1.807) is 0 Å². The summed E-state index contributed by atoms with van der Waals surface area (Å²) in [5.74, 6) is 0. The molecule has 0 fully saturated rings. The Balaban J connectivity index is 0.00000135. The number of rotatable bonds is 0. The molecular weight excluding hydrogens is 280 g/mol. The van der Waals surface area contributed by atoms with Gasteiger partial charge in [0.25, 0.3) is 0 Å². The second-order valence-electron chi connectivity index (χ2n) is 5.83. The molecule has 23 heavy (non-hydrogen) atoms. The Bertz CT molecular complexity index is 1080. The third-order valence-corrected chi connectivity index (χ3v) is 4.65. The predicted octanol–water partition coefficient (Wildman–Crippen LogP) is 5.47. The molecule has 1 nitrogen and oxygen atoms in total. The normalized spacial score (nSPS) is 11.1. The first kappa shape index (κ1) is 13.7. The van der Waals surface area contributed by atoms with E-state index in [-0.39, 0.29) is 5.48 Å². The Morgan fingerprint density at radius 2 is 0.652 bits per heavy atom. The highest BCUT2D eigenvalue weighted by molar-refractivity contribution is 6.22. The minimum absolute atomic E-state index is 0. The van der Waals surface area contributed by atoms with Crippen LogP contribution in [0.5, 0.6) is 0 Å². The first-order chi connectivity index (χ1) is 10.9. The van der Waals surface area contributed by atoms with E-state index in [4.69, 9.17) is 0 Å². The van der Waals surface area contributed by atoms with Crippen molar-refractivity contribution in [3.8, 4) is 0 Å². The largest absolute Gasteiger partial charge is 0.412 e. The molecule has 2 N–H and O–H groups in total. The van der Waals surface area contributed by atoms with E-state index in [2.05, 4.69) is 84.9 Å². The second-order valence-corrected chi connectivity index (χ2v) is 5.83. The fourth-order valence-electron chi connectivity index (χ4n) is 3.59. The van der Waals surface area contributed by atoms with Gasteiger partial charge in [-0.25, -0.2) is 0 Å². The van der Waals surface area contributed by atoms with Gasteiger partial charge in [0.1, 0.15) is 0 Å². The molecule has 0 spiro atoms. The Kier molecular flexibility index (Phi) is 3.03. The molecule has 0 atom stereocenters. The van der Waals surface area contributed by atoms with Gasteiger partial charge in [-0.15, -0.1) is 0 Å². The fraction of sp³-hybridized carbons (Fsp3) is 0. The maximum atomic E-state index is 2.27. The Morgan fingerprint density at radius 3 is 1.13 bits per heavy atom. The molecule has 0 heterocycles. The fourth-order valence-corrected chi connectivity index (χ4v) is 3.59. The van der Waals surface area contributed by atoms with Crippen LogP contribution in [0.4, 0.5) is 0 Å². The van der Waals surface area contributed by atoms with Crippen LogP contribution in [0.3, 0.4) is 0 Å². The van der Waals surface area contributed by atoms with Crippen molar-refractivity contribution in [3.63, 3.8) is 0 Å². The highest BCUT2D eigenvalue weighted by atomic mass is 16.0. The van der Waals surface area contributed by atoms with Gasteiger partial charge < -0.3 is 5.48 Å². The maximum absolute atomic E-state index is 2.27. The lowest BCUT2D eigenvalue weighted by Gasteiger charge is -2.09. The topological polar surface area (TPSA) is 31.5 Å². The van der Waals surface area contributed by atoms with Gasteiger partial charge >= 0.3 is 0 Å². The average Bonchev–Trinajstić information content (AvgIpc) is 2.60. The van der Waals surface area contributed by atoms with Gasteiger partial charge in [-0.05, 0) is 43.1 Å². The van der Waals surface area contributed by atoms with Crippen LogP contribution in [0.15, 0.2) is 84.9 Å². The minimum Gasteiger partial charge on any atom is -0.412 e. The summed E-state index contributed by atoms with van der Waals surface area (Å²) in [5, 5.41) is 10.6. The summed E-state index contributed by atoms with van der Waals surface area (Å²) < 4.78 is 0. The number of fused-ring (bicyclic) bond motifs is 7. The minimum atomic E-state index is 0. The van der Waals surface area contributed by atoms with Crippen molar-refractivity contribution < 1.29 is 5.48 Å². The van der Waals surface area contributed by atoms with Crippen LogP contribution in [0.25, 0.3) is 43.1 Å². The van der Waals surface area contributed by atoms with E-state index in [0.29, 0.717) is 0 Å². The zero-order valence-electron chi connectivity index (χ0n) is 12.6. The SMILES string of the molecule is O.c1ccc2c(c1)ccc1c2ccc2c3ccccc3ccc21. The molecule has 5 rings (SSSR count).